The van der Waals surface area contributed by atoms with Crippen LogP contribution in [0.15, 0.2) is 42.5 Å². The number of nitrogens with one attached hydrogen (secondary N) is 2. The number of anilines is 2. The average molecular weight is 319 g/mol. The van der Waals surface area contributed by atoms with E-state index in [1.165, 1.54) is 0 Å². The van der Waals surface area contributed by atoms with Gasteiger partial charge in [0.15, 0.2) is 0 Å². The summed E-state index contributed by atoms with van der Waals surface area (Å²) in [4.78, 5) is 11.9. The second-order valence-corrected chi connectivity index (χ2v) is 5.23. The van der Waals surface area contributed by atoms with Crippen molar-refractivity contribution >= 4 is 28.9 Å². The molecule has 22 heavy (non-hydrogen) atoms. The van der Waals surface area contributed by atoms with Crippen molar-refractivity contribution < 1.29 is 9.53 Å². The van der Waals surface area contributed by atoms with E-state index in [2.05, 4.69) is 10.6 Å². The minimum absolute atomic E-state index is 0.131. The number of carbonyl (C=O) groups excluding carboxylic acids is 1. The lowest BCUT2D eigenvalue weighted by Gasteiger charge is -2.09. The minimum atomic E-state index is -0.131. The van der Waals surface area contributed by atoms with Gasteiger partial charge < -0.3 is 15.4 Å². The molecule has 0 aliphatic heterocycles. The van der Waals surface area contributed by atoms with Crippen molar-refractivity contribution in [1.82, 2.24) is 0 Å². The Kier molecular flexibility index (Phi) is 5.67. The minimum Gasteiger partial charge on any atom is -0.494 e. The highest BCUT2D eigenvalue weighted by molar-refractivity contribution is 6.31. The molecule has 0 aromatic heterocycles. The quantitative estimate of drug-likeness (QED) is 0.843. The maximum atomic E-state index is 11.9. The Morgan fingerprint density at radius 2 is 1.82 bits per heavy atom. The first-order valence-corrected chi connectivity index (χ1v) is 7.49. The first-order valence-electron chi connectivity index (χ1n) is 7.11. The van der Waals surface area contributed by atoms with Gasteiger partial charge in [-0.05, 0) is 55.8 Å². The maximum absolute atomic E-state index is 11.9. The van der Waals surface area contributed by atoms with E-state index in [-0.39, 0.29) is 12.5 Å². The van der Waals surface area contributed by atoms with E-state index in [0.717, 1.165) is 17.0 Å². The largest absolute Gasteiger partial charge is 0.494 e. The van der Waals surface area contributed by atoms with Crippen LogP contribution >= 0.6 is 11.6 Å². The van der Waals surface area contributed by atoms with Gasteiger partial charge in [-0.2, -0.15) is 0 Å². The Morgan fingerprint density at radius 3 is 2.45 bits per heavy atom. The molecule has 4 nitrogen and oxygen atoms in total. The lowest BCUT2D eigenvalue weighted by Crippen LogP contribution is -2.21. The highest BCUT2D eigenvalue weighted by Gasteiger charge is 2.04. The average Bonchev–Trinajstić information content (AvgIpc) is 2.51. The van der Waals surface area contributed by atoms with E-state index < -0.39 is 0 Å². The molecule has 5 heteroatoms. The Labute approximate surface area is 135 Å². The van der Waals surface area contributed by atoms with Crippen LogP contribution in [-0.2, 0) is 4.79 Å². The number of carbonyl (C=O) groups is 1. The normalized spacial score (nSPS) is 10.1. The number of ether oxygens (including phenoxy) is 1. The summed E-state index contributed by atoms with van der Waals surface area (Å²) in [5.74, 6) is 0.681. The van der Waals surface area contributed by atoms with Crippen LogP contribution in [0.5, 0.6) is 5.75 Å². The lowest BCUT2D eigenvalue weighted by atomic mass is 10.2. The summed E-state index contributed by atoms with van der Waals surface area (Å²) in [5, 5.41) is 6.50. The molecule has 2 aromatic carbocycles. The fraction of sp³-hybridized carbons (Fsp3) is 0.235. The topological polar surface area (TPSA) is 50.4 Å². The van der Waals surface area contributed by atoms with Crippen molar-refractivity contribution in [1.29, 1.82) is 0 Å². The van der Waals surface area contributed by atoms with Crippen molar-refractivity contribution in [3.8, 4) is 5.75 Å². The molecular formula is C17H19ClN2O2. The van der Waals surface area contributed by atoms with E-state index in [0.29, 0.717) is 17.3 Å². The Balaban J connectivity index is 1.85. The number of aryl methyl sites for hydroxylation is 1. The van der Waals surface area contributed by atoms with E-state index in [1.807, 2.05) is 50.2 Å². The molecule has 0 aliphatic rings. The summed E-state index contributed by atoms with van der Waals surface area (Å²) < 4.78 is 5.37. The maximum Gasteiger partial charge on any atom is 0.243 e. The van der Waals surface area contributed by atoms with Gasteiger partial charge in [0.05, 0.1) is 13.2 Å². The van der Waals surface area contributed by atoms with Gasteiger partial charge in [-0.25, -0.2) is 0 Å². The smallest absolute Gasteiger partial charge is 0.243 e. The highest BCUT2D eigenvalue weighted by Crippen LogP contribution is 2.20. The first kappa shape index (κ1) is 16.2. The third-order valence-electron chi connectivity index (χ3n) is 3.07. The Morgan fingerprint density at radius 1 is 1.14 bits per heavy atom. The van der Waals surface area contributed by atoms with Gasteiger partial charge in [0.25, 0.3) is 0 Å². The van der Waals surface area contributed by atoms with Crippen LogP contribution < -0.4 is 15.4 Å². The summed E-state index contributed by atoms with van der Waals surface area (Å²) in [5.41, 5.74) is 2.53. The van der Waals surface area contributed by atoms with Crippen molar-refractivity contribution in [2.24, 2.45) is 0 Å². The second-order valence-electron chi connectivity index (χ2n) is 4.82. The van der Waals surface area contributed by atoms with Crippen LogP contribution in [0.4, 0.5) is 11.4 Å². The Bertz CT molecular complexity index is 642. The van der Waals surface area contributed by atoms with Crippen LogP contribution in [0.1, 0.15) is 12.5 Å². The molecule has 0 saturated carbocycles. The van der Waals surface area contributed by atoms with E-state index in [4.69, 9.17) is 16.3 Å². The van der Waals surface area contributed by atoms with Crippen LogP contribution in [0.2, 0.25) is 5.02 Å². The third kappa shape index (κ3) is 4.67. The van der Waals surface area contributed by atoms with Gasteiger partial charge in [-0.3, -0.25) is 4.79 Å². The second kappa shape index (κ2) is 7.71. The van der Waals surface area contributed by atoms with Crippen LogP contribution in [0, 0.1) is 6.92 Å². The zero-order chi connectivity index (χ0) is 15.9. The molecule has 116 valence electrons. The molecule has 0 atom stereocenters. The highest BCUT2D eigenvalue weighted by atomic mass is 35.5. The predicted molar refractivity (Wildman–Crippen MR) is 90.9 cm³/mol. The fourth-order valence-electron chi connectivity index (χ4n) is 1.89. The summed E-state index contributed by atoms with van der Waals surface area (Å²) in [7, 11) is 0. The van der Waals surface area contributed by atoms with Gasteiger partial charge in [-0.1, -0.05) is 17.7 Å². The SMILES string of the molecule is CCOc1ccc(NCC(=O)Nc2ccc(C)c(Cl)c2)cc1. The fourth-order valence-corrected chi connectivity index (χ4v) is 2.07. The van der Waals surface area contributed by atoms with Gasteiger partial charge in [0, 0.05) is 16.4 Å². The molecule has 0 heterocycles. The standard InChI is InChI=1S/C17H19ClN2O2/c1-3-22-15-8-6-13(7-9-15)19-11-17(21)20-14-5-4-12(2)16(18)10-14/h4-10,19H,3,11H2,1-2H3,(H,20,21). The molecule has 0 spiro atoms. The molecule has 2 N–H and O–H groups in total. The zero-order valence-corrected chi connectivity index (χ0v) is 13.4. The van der Waals surface area contributed by atoms with E-state index in [9.17, 15) is 4.79 Å². The van der Waals surface area contributed by atoms with Gasteiger partial charge in [-0.15, -0.1) is 0 Å². The number of hydrogen-bond donors (Lipinski definition) is 2. The van der Waals surface area contributed by atoms with Crippen LogP contribution in [0.25, 0.3) is 0 Å². The molecule has 0 fully saturated rings. The molecule has 2 rings (SSSR count). The van der Waals surface area contributed by atoms with E-state index >= 15 is 0 Å². The molecule has 0 unspecified atom stereocenters. The summed E-state index contributed by atoms with van der Waals surface area (Å²) in [6, 6.07) is 12.9. The van der Waals surface area contributed by atoms with Crippen LogP contribution in [-0.4, -0.2) is 19.1 Å². The molecule has 0 saturated heterocycles. The summed E-state index contributed by atoms with van der Waals surface area (Å²) >= 11 is 6.03. The molecule has 0 aliphatic carbocycles. The van der Waals surface area contributed by atoms with Gasteiger partial charge in [0.2, 0.25) is 5.91 Å². The van der Waals surface area contributed by atoms with E-state index in [1.54, 1.807) is 6.07 Å². The third-order valence-corrected chi connectivity index (χ3v) is 3.48. The molecular weight excluding hydrogens is 300 g/mol. The number of benzene rings is 2. The number of amides is 1. The van der Waals surface area contributed by atoms with Crippen molar-refractivity contribution in [2.45, 2.75) is 13.8 Å². The molecule has 1 amide bonds. The first-order chi connectivity index (χ1) is 10.6. The van der Waals surface area contributed by atoms with Gasteiger partial charge in [0.1, 0.15) is 5.75 Å². The van der Waals surface area contributed by atoms with Crippen LogP contribution in [0.3, 0.4) is 0 Å². The lowest BCUT2D eigenvalue weighted by molar-refractivity contribution is -0.114. The van der Waals surface area contributed by atoms with Crippen molar-refractivity contribution in [2.75, 3.05) is 23.8 Å². The number of rotatable bonds is 6. The number of halogens is 1. The number of hydrogen-bond acceptors (Lipinski definition) is 3. The molecule has 0 radical (unpaired) electrons. The monoisotopic (exact) mass is 318 g/mol. The zero-order valence-electron chi connectivity index (χ0n) is 12.7. The summed E-state index contributed by atoms with van der Waals surface area (Å²) in [6.45, 7) is 4.67. The molecule has 2 aromatic rings. The molecule has 0 bridgehead atoms. The predicted octanol–water partition coefficient (Wildman–Crippen LogP) is 4.10. The van der Waals surface area contributed by atoms with Crippen molar-refractivity contribution in [3.63, 3.8) is 0 Å². The summed E-state index contributed by atoms with van der Waals surface area (Å²) in [6.07, 6.45) is 0. The Hall–Kier alpha value is -2.20. The van der Waals surface area contributed by atoms with Gasteiger partial charge >= 0.3 is 0 Å². The van der Waals surface area contributed by atoms with Crippen molar-refractivity contribution in [3.05, 3.63) is 53.1 Å².